The number of hydrogen-bond donors (Lipinski definition) is 2. The molecular formula is C30H30N4O7S. The highest BCUT2D eigenvalue weighted by Crippen LogP contribution is 2.27. The summed E-state index contributed by atoms with van der Waals surface area (Å²) in [6, 6.07) is 24.7. The number of rotatable bonds is 13. The van der Waals surface area contributed by atoms with Gasteiger partial charge in [0.15, 0.2) is 6.61 Å². The van der Waals surface area contributed by atoms with Gasteiger partial charge in [-0.05, 0) is 85.3 Å². The van der Waals surface area contributed by atoms with Gasteiger partial charge in [0.1, 0.15) is 29.1 Å². The summed E-state index contributed by atoms with van der Waals surface area (Å²) in [5.74, 6) is 1.35. The number of para-hydroxylation sites is 1. The number of amides is 2. The quantitative estimate of drug-likeness (QED) is 0.177. The molecule has 1 atom stereocenters. The van der Waals surface area contributed by atoms with Gasteiger partial charge in [0.2, 0.25) is 10.0 Å². The molecule has 0 saturated heterocycles. The smallest absolute Gasteiger partial charge is 0.263 e. The molecule has 2 N–H and O–H groups in total. The van der Waals surface area contributed by atoms with E-state index in [-0.39, 0.29) is 19.1 Å². The maximum atomic E-state index is 12.8. The molecule has 0 aliphatic carbocycles. The van der Waals surface area contributed by atoms with Crippen LogP contribution in [0.15, 0.2) is 107 Å². The largest absolute Gasteiger partial charge is 0.484 e. The molecule has 0 aliphatic heterocycles. The molecule has 3 aromatic carbocycles. The standard InChI is InChI=1S/C30H30N4O7S/c1-22(34(42(2,37)38)24-12-16-27(17-13-24)41-26-7-4-3-5-8-26)30(36)33-32-19-23-10-14-25(15-11-23)40-21-29(35)31-20-28-9-6-18-39-28/h3-19,22H,20-21H2,1-2H3,(H,31,35)(H,33,36)/b32-19-/t22-/m1/s1. The minimum Gasteiger partial charge on any atom is -0.484 e. The number of carbonyl (C=O) groups is 2. The Labute approximate surface area is 243 Å². The molecule has 0 radical (unpaired) electrons. The Kier molecular flexibility index (Phi) is 9.95. The van der Waals surface area contributed by atoms with E-state index in [0.29, 0.717) is 34.3 Å². The highest BCUT2D eigenvalue weighted by Gasteiger charge is 2.29. The molecular weight excluding hydrogens is 560 g/mol. The molecule has 0 saturated carbocycles. The van der Waals surface area contributed by atoms with Crippen molar-refractivity contribution < 1.29 is 31.9 Å². The number of carbonyl (C=O) groups excluding carboxylic acids is 2. The van der Waals surface area contributed by atoms with E-state index in [1.807, 2.05) is 18.2 Å². The molecule has 0 unspecified atom stereocenters. The summed E-state index contributed by atoms with van der Waals surface area (Å²) in [6.45, 7) is 1.58. The van der Waals surface area contributed by atoms with Crippen molar-refractivity contribution >= 4 is 33.7 Å². The molecule has 0 fully saturated rings. The first-order valence-electron chi connectivity index (χ1n) is 12.9. The van der Waals surface area contributed by atoms with Crippen LogP contribution in [0.5, 0.6) is 17.2 Å². The van der Waals surface area contributed by atoms with Gasteiger partial charge in [-0.2, -0.15) is 5.10 Å². The monoisotopic (exact) mass is 590 g/mol. The Morgan fingerprint density at radius 2 is 1.60 bits per heavy atom. The summed E-state index contributed by atoms with van der Waals surface area (Å²) in [5, 5.41) is 6.64. The van der Waals surface area contributed by atoms with Crippen LogP contribution in [0.4, 0.5) is 5.69 Å². The van der Waals surface area contributed by atoms with Crippen LogP contribution >= 0.6 is 0 Å². The minimum atomic E-state index is -3.81. The topological polar surface area (TPSA) is 140 Å². The number of nitrogens with one attached hydrogen (secondary N) is 2. The SMILES string of the molecule is C[C@H](C(=O)N/N=C\c1ccc(OCC(=O)NCc2ccco2)cc1)N(c1ccc(Oc2ccccc2)cc1)S(C)(=O)=O. The summed E-state index contributed by atoms with van der Waals surface area (Å²) < 4.78 is 42.6. The second kappa shape index (κ2) is 14.0. The van der Waals surface area contributed by atoms with Gasteiger partial charge in [-0.3, -0.25) is 13.9 Å². The van der Waals surface area contributed by atoms with Gasteiger partial charge in [0, 0.05) is 0 Å². The Morgan fingerprint density at radius 3 is 2.24 bits per heavy atom. The average Bonchev–Trinajstić information content (AvgIpc) is 3.50. The van der Waals surface area contributed by atoms with Crippen molar-refractivity contribution in [2.24, 2.45) is 5.10 Å². The lowest BCUT2D eigenvalue weighted by atomic mass is 10.2. The van der Waals surface area contributed by atoms with Crippen LogP contribution < -0.4 is 24.5 Å². The van der Waals surface area contributed by atoms with Crippen molar-refractivity contribution in [3.8, 4) is 17.2 Å². The molecule has 218 valence electrons. The molecule has 0 aliphatic rings. The Balaban J connectivity index is 1.29. The Bertz CT molecular complexity index is 1590. The normalized spacial score (nSPS) is 12.0. The van der Waals surface area contributed by atoms with Crippen molar-refractivity contribution in [2.75, 3.05) is 17.2 Å². The lowest BCUT2D eigenvalue weighted by molar-refractivity contribution is -0.123. The van der Waals surface area contributed by atoms with Gasteiger partial charge in [-0.15, -0.1) is 0 Å². The third-order valence-electron chi connectivity index (χ3n) is 5.84. The number of hydrazone groups is 1. The molecule has 11 nitrogen and oxygen atoms in total. The van der Waals surface area contributed by atoms with Crippen LogP contribution in [0, 0.1) is 0 Å². The van der Waals surface area contributed by atoms with Crippen LogP contribution in [0.3, 0.4) is 0 Å². The fourth-order valence-electron chi connectivity index (χ4n) is 3.81. The first-order valence-corrected chi connectivity index (χ1v) is 14.7. The van der Waals surface area contributed by atoms with Crippen molar-refractivity contribution in [1.82, 2.24) is 10.7 Å². The van der Waals surface area contributed by atoms with Crippen molar-refractivity contribution in [3.63, 3.8) is 0 Å². The van der Waals surface area contributed by atoms with Gasteiger partial charge in [0.25, 0.3) is 11.8 Å². The maximum absolute atomic E-state index is 12.8. The van der Waals surface area contributed by atoms with Gasteiger partial charge < -0.3 is 19.2 Å². The number of ether oxygens (including phenoxy) is 2. The lowest BCUT2D eigenvalue weighted by Crippen LogP contribution is -2.46. The molecule has 4 aromatic rings. The zero-order chi connectivity index (χ0) is 30.0. The summed E-state index contributed by atoms with van der Waals surface area (Å²) in [5.41, 5.74) is 3.33. The summed E-state index contributed by atoms with van der Waals surface area (Å²) in [6.07, 6.45) is 3.97. The first kappa shape index (κ1) is 29.9. The van der Waals surface area contributed by atoms with Crippen molar-refractivity contribution in [3.05, 3.63) is 109 Å². The van der Waals surface area contributed by atoms with E-state index < -0.39 is 22.0 Å². The third kappa shape index (κ3) is 8.70. The van der Waals surface area contributed by atoms with Gasteiger partial charge in [-0.25, -0.2) is 13.8 Å². The van der Waals surface area contributed by atoms with Gasteiger partial charge >= 0.3 is 0 Å². The van der Waals surface area contributed by atoms with E-state index in [4.69, 9.17) is 13.9 Å². The van der Waals surface area contributed by atoms with E-state index >= 15 is 0 Å². The van der Waals surface area contributed by atoms with E-state index in [1.165, 1.54) is 19.4 Å². The molecule has 2 amide bonds. The zero-order valence-corrected chi connectivity index (χ0v) is 23.8. The van der Waals surface area contributed by atoms with Gasteiger partial charge in [-0.1, -0.05) is 18.2 Å². The third-order valence-corrected chi connectivity index (χ3v) is 7.08. The number of nitrogens with zero attached hydrogens (tertiary/aromatic N) is 2. The average molecular weight is 591 g/mol. The van der Waals surface area contributed by atoms with Gasteiger partial charge in [0.05, 0.1) is 31.0 Å². The lowest BCUT2D eigenvalue weighted by Gasteiger charge is -2.27. The van der Waals surface area contributed by atoms with E-state index in [9.17, 15) is 18.0 Å². The second-order valence-corrected chi connectivity index (χ2v) is 11.0. The summed E-state index contributed by atoms with van der Waals surface area (Å²) in [7, 11) is -3.81. The van der Waals surface area contributed by atoms with Crippen LogP contribution in [0.25, 0.3) is 0 Å². The molecule has 4 rings (SSSR count). The first-order chi connectivity index (χ1) is 20.2. The fraction of sp³-hybridized carbons (Fsp3) is 0.167. The molecule has 12 heteroatoms. The van der Waals surface area contributed by atoms with Crippen LogP contribution in [0.2, 0.25) is 0 Å². The Hall–Kier alpha value is -5.10. The summed E-state index contributed by atoms with van der Waals surface area (Å²) in [4.78, 5) is 24.8. The van der Waals surface area contributed by atoms with E-state index in [0.717, 1.165) is 10.6 Å². The number of anilines is 1. The number of furan rings is 1. The predicted molar refractivity (Wildman–Crippen MR) is 158 cm³/mol. The van der Waals surface area contributed by atoms with Crippen LogP contribution in [0.1, 0.15) is 18.2 Å². The molecule has 0 spiro atoms. The second-order valence-electron chi connectivity index (χ2n) is 9.09. The van der Waals surface area contributed by atoms with Crippen LogP contribution in [-0.2, 0) is 26.2 Å². The minimum absolute atomic E-state index is 0.165. The number of sulfonamides is 1. The summed E-state index contributed by atoms with van der Waals surface area (Å²) >= 11 is 0. The Morgan fingerprint density at radius 1 is 0.929 bits per heavy atom. The fourth-order valence-corrected chi connectivity index (χ4v) is 4.98. The molecule has 0 bridgehead atoms. The maximum Gasteiger partial charge on any atom is 0.263 e. The molecule has 1 heterocycles. The highest BCUT2D eigenvalue weighted by molar-refractivity contribution is 7.92. The van der Waals surface area contributed by atoms with E-state index in [1.54, 1.807) is 72.8 Å². The van der Waals surface area contributed by atoms with Crippen molar-refractivity contribution in [2.45, 2.75) is 19.5 Å². The van der Waals surface area contributed by atoms with Crippen LogP contribution in [-0.4, -0.2) is 45.4 Å². The van der Waals surface area contributed by atoms with Crippen molar-refractivity contribution in [1.29, 1.82) is 0 Å². The number of hydrogen-bond acceptors (Lipinski definition) is 8. The number of benzene rings is 3. The van der Waals surface area contributed by atoms with E-state index in [2.05, 4.69) is 15.8 Å². The molecule has 42 heavy (non-hydrogen) atoms. The molecule has 1 aromatic heterocycles. The zero-order valence-electron chi connectivity index (χ0n) is 23.0. The predicted octanol–water partition coefficient (Wildman–Crippen LogP) is 4.07. The highest BCUT2D eigenvalue weighted by atomic mass is 32.2.